The Labute approximate surface area is 164 Å². The Bertz CT molecular complexity index is 861. The molecule has 0 aliphatic heterocycles. The fourth-order valence-corrected chi connectivity index (χ4v) is 5.92. The number of ketones is 1. The highest BCUT2D eigenvalue weighted by Gasteiger charge is 2.62. The molecule has 150 valence electrons. The van der Waals surface area contributed by atoms with E-state index in [1.54, 1.807) is 18.2 Å². The number of benzene rings is 1. The van der Waals surface area contributed by atoms with Crippen molar-refractivity contribution in [1.29, 1.82) is 0 Å². The van der Waals surface area contributed by atoms with Gasteiger partial charge in [0.15, 0.2) is 5.78 Å². The highest BCUT2D eigenvalue weighted by Crippen LogP contribution is 2.63. The van der Waals surface area contributed by atoms with Crippen molar-refractivity contribution in [3.8, 4) is 5.75 Å². The number of ether oxygens (including phenoxy) is 2. The van der Waals surface area contributed by atoms with Crippen molar-refractivity contribution in [1.82, 2.24) is 0 Å². The van der Waals surface area contributed by atoms with Crippen LogP contribution >= 0.6 is 0 Å². The van der Waals surface area contributed by atoms with Gasteiger partial charge in [-0.25, -0.2) is 0 Å². The molecule has 1 N–H and O–H groups in total. The summed E-state index contributed by atoms with van der Waals surface area (Å²) >= 11 is 0. The third-order valence-corrected chi connectivity index (χ3v) is 7.20. The van der Waals surface area contributed by atoms with Crippen LogP contribution in [-0.4, -0.2) is 28.9 Å². The van der Waals surface area contributed by atoms with Crippen LogP contribution in [-0.2, 0) is 19.9 Å². The first kappa shape index (κ1) is 19.1. The van der Waals surface area contributed by atoms with Crippen molar-refractivity contribution in [2.75, 3.05) is 0 Å². The topological polar surface area (TPSA) is 89.9 Å². The third kappa shape index (κ3) is 2.77. The summed E-state index contributed by atoms with van der Waals surface area (Å²) < 4.78 is 10.7. The Hall–Kier alpha value is -2.21. The number of carbonyl (C=O) groups is 3. The Balaban J connectivity index is 1.70. The smallest absolute Gasteiger partial charge is 0.308 e. The largest absolute Gasteiger partial charge is 0.462 e. The van der Waals surface area contributed by atoms with Crippen molar-refractivity contribution >= 4 is 17.7 Å². The molecule has 6 nitrogen and oxygen atoms in total. The second kappa shape index (κ2) is 6.41. The van der Waals surface area contributed by atoms with Crippen LogP contribution < -0.4 is 4.74 Å². The van der Waals surface area contributed by atoms with E-state index in [0.29, 0.717) is 23.3 Å². The fourth-order valence-electron chi connectivity index (χ4n) is 5.92. The first-order chi connectivity index (χ1) is 13.1. The maximum Gasteiger partial charge on any atom is 0.308 e. The molecule has 6 heteroatoms. The summed E-state index contributed by atoms with van der Waals surface area (Å²) in [7, 11) is 0. The molecule has 0 heterocycles. The monoisotopic (exact) mass is 386 g/mol. The van der Waals surface area contributed by atoms with E-state index >= 15 is 0 Å². The fraction of sp³-hybridized carbons (Fsp3) is 0.591. The minimum atomic E-state index is -1.09. The van der Waals surface area contributed by atoms with Gasteiger partial charge in [0.25, 0.3) is 0 Å². The van der Waals surface area contributed by atoms with Crippen molar-refractivity contribution < 1.29 is 29.0 Å². The van der Waals surface area contributed by atoms with Crippen LogP contribution in [0.25, 0.3) is 0 Å². The number of esters is 2. The number of aliphatic hydroxyl groups is 1. The van der Waals surface area contributed by atoms with Crippen molar-refractivity contribution in [3.05, 3.63) is 29.3 Å². The molecule has 0 spiro atoms. The Morgan fingerprint density at radius 3 is 2.54 bits per heavy atom. The summed E-state index contributed by atoms with van der Waals surface area (Å²) in [6.45, 7) is 4.87. The maximum atomic E-state index is 12.9. The normalized spacial score (nSPS) is 36.1. The second-order valence-corrected chi connectivity index (χ2v) is 8.75. The van der Waals surface area contributed by atoms with Crippen molar-refractivity contribution in [2.24, 2.45) is 17.3 Å². The first-order valence-electron chi connectivity index (χ1n) is 9.91. The Morgan fingerprint density at radius 2 is 1.86 bits per heavy atom. The molecule has 28 heavy (non-hydrogen) atoms. The van der Waals surface area contributed by atoms with E-state index in [1.807, 2.05) is 0 Å². The molecule has 1 aromatic carbocycles. The van der Waals surface area contributed by atoms with E-state index in [0.717, 1.165) is 19.3 Å². The van der Waals surface area contributed by atoms with Crippen LogP contribution in [0.5, 0.6) is 5.75 Å². The standard InChI is InChI=1S/C22H26O6/c1-12(23)27-14-4-5-16-15(10-14)19(25)11-18-17-6-7-20(28-13(2)24)21(17,3)8-9-22(16,18)26/h4-5,10,17-18,20,26H,6-9,11H2,1-3H3/t17-,18-,20-,21-,22-/m0/s1. The second-order valence-electron chi connectivity index (χ2n) is 8.75. The van der Waals surface area contributed by atoms with Crippen LogP contribution in [0.1, 0.15) is 68.8 Å². The van der Waals surface area contributed by atoms with E-state index in [4.69, 9.17) is 9.47 Å². The molecule has 0 radical (unpaired) electrons. The minimum Gasteiger partial charge on any atom is -0.462 e. The van der Waals surface area contributed by atoms with Gasteiger partial charge in [-0.3, -0.25) is 14.4 Å². The molecule has 2 fully saturated rings. The number of rotatable bonds is 2. The average molecular weight is 386 g/mol. The predicted octanol–water partition coefficient (Wildman–Crippen LogP) is 3.14. The SMILES string of the molecule is CC(=O)Oc1ccc2c(c1)C(=O)C[C@H]1[C@@H]3CC[C@H](OC(C)=O)[C@@]3(C)CC[C@]21O. The number of hydrogen-bond acceptors (Lipinski definition) is 6. The van der Waals surface area contributed by atoms with Gasteiger partial charge in [0.05, 0.1) is 5.60 Å². The molecule has 0 aromatic heterocycles. The van der Waals surface area contributed by atoms with Gasteiger partial charge in [0.1, 0.15) is 11.9 Å². The molecule has 4 rings (SSSR count). The molecular formula is C22H26O6. The van der Waals surface area contributed by atoms with Crippen LogP contribution in [0.3, 0.4) is 0 Å². The summed E-state index contributed by atoms with van der Waals surface area (Å²) in [6.07, 6.45) is 2.91. The highest BCUT2D eigenvalue weighted by atomic mass is 16.5. The van der Waals surface area contributed by atoms with Crippen LogP contribution in [0.15, 0.2) is 18.2 Å². The molecule has 0 amide bonds. The van der Waals surface area contributed by atoms with E-state index in [2.05, 4.69) is 6.92 Å². The Morgan fingerprint density at radius 1 is 1.11 bits per heavy atom. The quantitative estimate of drug-likeness (QED) is 0.620. The van der Waals surface area contributed by atoms with Gasteiger partial charge < -0.3 is 14.6 Å². The summed E-state index contributed by atoms with van der Waals surface area (Å²) in [4.78, 5) is 35.7. The number of carbonyl (C=O) groups excluding carboxylic acids is 3. The van der Waals surface area contributed by atoms with Gasteiger partial charge >= 0.3 is 11.9 Å². The predicted molar refractivity (Wildman–Crippen MR) is 99.7 cm³/mol. The van der Waals surface area contributed by atoms with E-state index in [1.165, 1.54) is 13.8 Å². The molecule has 5 atom stereocenters. The number of fused-ring (bicyclic) bond motifs is 5. The lowest BCUT2D eigenvalue weighted by Crippen LogP contribution is -2.54. The lowest BCUT2D eigenvalue weighted by molar-refractivity contribution is -0.165. The van der Waals surface area contributed by atoms with E-state index in [9.17, 15) is 19.5 Å². The minimum absolute atomic E-state index is 0.0427. The Kier molecular flexibility index (Phi) is 4.38. The van der Waals surface area contributed by atoms with Crippen LogP contribution in [0.4, 0.5) is 0 Å². The van der Waals surface area contributed by atoms with Crippen LogP contribution in [0.2, 0.25) is 0 Å². The van der Waals surface area contributed by atoms with Gasteiger partial charge in [-0.1, -0.05) is 13.0 Å². The number of hydrogen-bond donors (Lipinski definition) is 1. The summed E-state index contributed by atoms with van der Waals surface area (Å²) in [5, 5.41) is 11.7. The lowest BCUT2D eigenvalue weighted by atomic mass is 9.53. The molecule has 1 aromatic rings. The number of Topliss-reactive ketones (excluding diaryl/α,β-unsaturated/α-hetero) is 1. The van der Waals surface area contributed by atoms with E-state index < -0.39 is 11.6 Å². The van der Waals surface area contributed by atoms with Gasteiger partial charge in [-0.15, -0.1) is 0 Å². The third-order valence-electron chi connectivity index (χ3n) is 7.20. The summed E-state index contributed by atoms with van der Waals surface area (Å²) in [5.41, 5.74) is -0.246. The van der Waals surface area contributed by atoms with Gasteiger partial charge in [-0.2, -0.15) is 0 Å². The zero-order valence-electron chi connectivity index (χ0n) is 16.5. The lowest BCUT2D eigenvalue weighted by Gasteiger charge is -2.54. The van der Waals surface area contributed by atoms with Gasteiger partial charge in [0.2, 0.25) is 0 Å². The molecule has 3 aliphatic rings. The molecule has 2 saturated carbocycles. The van der Waals surface area contributed by atoms with Crippen LogP contribution in [0, 0.1) is 17.3 Å². The molecule has 3 aliphatic carbocycles. The van der Waals surface area contributed by atoms with Gasteiger partial charge in [0, 0.05) is 37.2 Å². The molecule has 0 bridgehead atoms. The highest BCUT2D eigenvalue weighted by molar-refractivity contribution is 6.00. The maximum absolute atomic E-state index is 12.9. The first-order valence-corrected chi connectivity index (χ1v) is 9.91. The summed E-state index contributed by atoms with van der Waals surface area (Å²) in [5.74, 6) is -0.546. The van der Waals surface area contributed by atoms with E-state index in [-0.39, 0.29) is 41.5 Å². The van der Waals surface area contributed by atoms with Crippen molar-refractivity contribution in [3.63, 3.8) is 0 Å². The van der Waals surface area contributed by atoms with Gasteiger partial charge in [-0.05, 0) is 49.3 Å². The molecular weight excluding hydrogens is 360 g/mol. The average Bonchev–Trinajstić information content (AvgIpc) is 2.93. The zero-order valence-corrected chi connectivity index (χ0v) is 16.5. The van der Waals surface area contributed by atoms with Crippen molar-refractivity contribution in [2.45, 2.75) is 64.6 Å². The molecule has 0 unspecified atom stereocenters. The molecule has 0 saturated heterocycles. The zero-order chi connectivity index (χ0) is 20.3. The summed E-state index contributed by atoms with van der Waals surface area (Å²) in [6, 6.07) is 4.92.